The summed E-state index contributed by atoms with van der Waals surface area (Å²) < 4.78 is 6.88. The molecule has 1 atom stereocenters. The van der Waals surface area contributed by atoms with Crippen molar-refractivity contribution in [3.05, 3.63) is 20.8 Å². The molecule has 0 aromatic carbocycles. The molecular weight excluding hydrogens is 298 g/mol. The maximum atomic E-state index is 5.63. The molecule has 1 aliphatic rings. The molecule has 1 aromatic rings. The summed E-state index contributed by atoms with van der Waals surface area (Å²) in [6, 6.07) is 2.68. The van der Waals surface area contributed by atoms with Gasteiger partial charge in [-0.2, -0.15) is 0 Å². The van der Waals surface area contributed by atoms with E-state index in [4.69, 9.17) is 4.74 Å². The van der Waals surface area contributed by atoms with E-state index in [1.165, 1.54) is 9.35 Å². The highest BCUT2D eigenvalue weighted by atomic mass is 79.9. The van der Waals surface area contributed by atoms with Gasteiger partial charge in [-0.1, -0.05) is 13.8 Å². The van der Waals surface area contributed by atoms with Gasteiger partial charge in [-0.25, -0.2) is 0 Å². The normalized spacial score (nSPS) is 24.7. The van der Waals surface area contributed by atoms with Gasteiger partial charge in [0, 0.05) is 34.0 Å². The Morgan fingerprint density at radius 2 is 2.41 bits per heavy atom. The Balaban J connectivity index is 2.04. The number of ether oxygens (including phenoxy) is 1. The minimum atomic E-state index is 0.289. The van der Waals surface area contributed by atoms with Crippen molar-refractivity contribution in [2.75, 3.05) is 19.8 Å². The van der Waals surface area contributed by atoms with Crippen LogP contribution in [0.5, 0.6) is 0 Å². The quantitative estimate of drug-likeness (QED) is 0.898. The fraction of sp³-hybridized carbons (Fsp3) is 0.692. The molecule has 0 aliphatic carbocycles. The second kappa shape index (κ2) is 5.83. The Bertz CT molecular complexity index is 358. The van der Waals surface area contributed by atoms with Gasteiger partial charge in [-0.15, -0.1) is 11.3 Å². The molecule has 0 saturated carbocycles. The highest BCUT2D eigenvalue weighted by Gasteiger charge is 2.35. The summed E-state index contributed by atoms with van der Waals surface area (Å²) in [4.78, 5) is 1.45. The van der Waals surface area contributed by atoms with Gasteiger partial charge in [0.25, 0.3) is 0 Å². The van der Waals surface area contributed by atoms with Crippen LogP contribution in [0.3, 0.4) is 0 Å². The smallest absolute Gasteiger partial charge is 0.0538 e. The van der Waals surface area contributed by atoms with Gasteiger partial charge in [0.2, 0.25) is 0 Å². The summed E-state index contributed by atoms with van der Waals surface area (Å²) in [6.45, 7) is 7.24. The molecule has 2 rings (SSSR count). The molecule has 1 fully saturated rings. The molecule has 1 aromatic heterocycles. The summed E-state index contributed by atoms with van der Waals surface area (Å²) >= 11 is 5.47. The first kappa shape index (κ1) is 13.5. The highest BCUT2D eigenvalue weighted by molar-refractivity contribution is 9.10. The predicted molar refractivity (Wildman–Crippen MR) is 76.7 cm³/mol. The van der Waals surface area contributed by atoms with E-state index in [-0.39, 0.29) is 5.41 Å². The molecule has 17 heavy (non-hydrogen) atoms. The molecule has 4 heteroatoms. The van der Waals surface area contributed by atoms with E-state index in [9.17, 15) is 0 Å². The summed E-state index contributed by atoms with van der Waals surface area (Å²) in [5.74, 6) is 0. The van der Waals surface area contributed by atoms with Gasteiger partial charge < -0.3 is 10.1 Å². The number of hydrogen-bond acceptors (Lipinski definition) is 3. The van der Waals surface area contributed by atoms with Crippen LogP contribution in [0, 0.1) is 5.41 Å². The summed E-state index contributed by atoms with van der Waals surface area (Å²) in [6.07, 6.45) is 2.28. The second-order valence-corrected chi connectivity index (χ2v) is 7.06. The van der Waals surface area contributed by atoms with Crippen LogP contribution in [-0.2, 0) is 11.2 Å². The monoisotopic (exact) mass is 317 g/mol. The summed E-state index contributed by atoms with van der Waals surface area (Å²) in [7, 11) is 0. The molecule has 2 nitrogen and oxygen atoms in total. The number of hydrogen-bond donors (Lipinski definition) is 1. The lowest BCUT2D eigenvalue weighted by molar-refractivity contribution is 0.148. The maximum Gasteiger partial charge on any atom is 0.0538 e. The molecule has 0 spiro atoms. The fourth-order valence-corrected chi connectivity index (χ4v) is 3.87. The van der Waals surface area contributed by atoms with Gasteiger partial charge in [-0.3, -0.25) is 0 Å². The second-order valence-electron chi connectivity index (χ2n) is 5.21. The zero-order valence-corrected chi connectivity index (χ0v) is 12.9. The van der Waals surface area contributed by atoms with E-state index in [1.54, 1.807) is 0 Å². The van der Waals surface area contributed by atoms with Crippen LogP contribution in [-0.4, -0.2) is 25.8 Å². The van der Waals surface area contributed by atoms with Crippen molar-refractivity contribution in [2.24, 2.45) is 5.41 Å². The van der Waals surface area contributed by atoms with Crippen molar-refractivity contribution in [1.29, 1.82) is 0 Å². The zero-order chi connectivity index (χ0) is 12.3. The molecular formula is C13H20BrNOS. The van der Waals surface area contributed by atoms with Crippen molar-refractivity contribution in [3.8, 4) is 0 Å². The van der Waals surface area contributed by atoms with Crippen molar-refractivity contribution < 1.29 is 4.74 Å². The maximum absolute atomic E-state index is 5.63. The van der Waals surface area contributed by atoms with E-state index in [2.05, 4.69) is 46.5 Å². The van der Waals surface area contributed by atoms with Gasteiger partial charge in [0.15, 0.2) is 0 Å². The third-order valence-corrected chi connectivity index (χ3v) is 5.22. The van der Waals surface area contributed by atoms with Crippen molar-refractivity contribution in [2.45, 2.75) is 32.7 Å². The van der Waals surface area contributed by atoms with Gasteiger partial charge in [-0.05, 0) is 40.2 Å². The molecule has 1 aliphatic heterocycles. The van der Waals surface area contributed by atoms with Crippen molar-refractivity contribution in [3.63, 3.8) is 0 Å². The highest BCUT2D eigenvalue weighted by Crippen LogP contribution is 2.36. The Kier molecular flexibility index (Phi) is 4.64. The van der Waals surface area contributed by atoms with Crippen LogP contribution in [0.2, 0.25) is 0 Å². The first-order valence-corrected chi connectivity index (χ1v) is 7.82. The molecule has 96 valence electrons. The molecule has 2 heterocycles. The lowest BCUT2D eigenvalue weighted by Crippen LogP contribution is -2.39. The molecule has 0 amide bonds. The van der Waals surface area contributed by atoms with Crippen molar-refractivity contribution >= 4 is 27.3 Å². The minimum Gasteiger partial charge on any atom is -0.381 e. The first-order valence-electron chi connectivity index (χ1n) is 6.14. The molecule has 0 radical (unpaired) electrons. The molecule has 0 bridgehead atoms. The predicted octanol–water partition coefficient (Wildman–Crippen LogP) is 3.46. The van der Waals surface area contributed by atoms with Gasteiger partial charge in [0.1, 0.15) is 0 Å². The van der Waals surface area contributed by atoms with Gasteiger partial charge in [0.05, 0.1) is 6.61 Å². The van der Waals surface area contributed by atoms with E-state index >= 15 is 0 Å². The Morgan fingerprint density at radius 1 is 1.59 bits per heavy atom. The van der Waals surface area contributed by atoms with Crippen molar-refractivity contribution in [1.82, 2.24) is 5.32 Å². The molecule has 1 unspecified atom stereocenters. The van der Waals surface area contributed by atoms with Gasteiger partial charge >= 0.3 is 0 Å². The average molecular weight is 318 g/mol. The Morgan fingerprint density at radius 3 is 2.94 bits per heavy atom. The van der Waals surface area contributed by atoms with E-state index in [1.807, 2.05) is 11.3 Å². The number of thiophene rings is 1. The summed E-state index contributed by atoms with van der Waals surface area (Å²) in [5, 5.41) is 5.72. The minimum absolute atomic E-state index is 0.289. The largest absolute Gasteiger partial charge is 0.381 e. The third-order valence-electron chi connectivity index (χ3n) is 3.30. The van der Waals surface area contributed by atoms with E-state index in [0.717, 1.165) is 32.6 Å². The van der Waals surface area contributed by atoms with Crippen LogP contribution >= 0.6 is 27.3 Å². The lowest BCUT2D eigenvalue weighted by atomic mass is 9.83. The zero-order valence-electron chi connectivity index (χ0n) is 10.5. The van der Waals surface area contributed by atoms with Crippen LogP contribution in [0.4, 0.5) is 0 Å². The van der Waals surface area contributed by atoms with E-state index < -0.39 is 0 Å². The Labute approximate surface area is 116 Å². The first-order chi connectivity index (χ1) is 8.11. The number of nitrogens with one attached hydrogen (secondary N) is 1. The number of halogens is 1. The molecule has 1 saturated heterocycles. The number of rotatable bonds is 5. The van der Waals surface area contributed by atoms with E-state index in [0.29, 0.717) is 6.04 Å². The Hall–Kier alpha value is 0.1000. The molecule has 1 N–H and O–H groups in total. The van der Waals surface area contributed by atoms with Crippen LogP contribution in [0.1, 0.15) is 25.1 Å². The SMILES string of the molecule is CC(C)NCC1(Cc2sccc2Br)CCOC1. The average Bonchev–Trinajstić information content (AvgIpc) is 2.88. The van der Waals surface area contributed by atoms with Crippen LogP contribution < -0.4 is 5.32 Å². The fourth-order valence-electron chi connectivity index (χ4n) is 2.20. The topological polar surface area (TPSA) is 21.3 Å². The standard InChI is InChI=1S/C13H20BrNOS/c1-10(2)15-8-13(4-5-16-9-13)7-12-11(14)3-6-17-12/h3,6,10,15H,4-5,7-9H2,1-2H3. The third kappa shape index (κ3) is 3.53. The van der Waals surface area contributed by atoms with Crippen LogP contribution in [0.25, 0.3) is 0 Å². The van der Waals surface area contributed by atoms with Crippen LogP contribution in [0.15, 0.2) is 15.9 Å². The summed E-state index contributed by atoms with van der Waals surface area (Å²) in [5.41, 5.74) is 0.289. The lowest BCUT2D eigenvalue weighted by Gasteiger charge is -2.28.